The van der Waals surface area contributed by atoms with Gasteiger partial charge >= 0.3 is 0 Å². The molecule has 0 radical (unpaired) electrons. The van der Waals surface area contributed by atoms with Crippen molar-refractivity contribution < 1.29 is 13.2 Å². The fraction of sp³-hybridized carbons (Fsp3) is 0.400. The fourth-order valence-corrected chi connectivity index (χ4v) is 6.66. The highest BCUT2D eigenvalue weighted by Gasteiger charge is 2.35. The van der Waals surface area contributed by atoms with Crippen molar-refractivity contribution >= 4 is 44.8 Å². The third kappa shape index (κ3) is 5.77. The average Bonchev–Trinajstić information content (AvgIpc) is 2.84. The molecule has 1 amide bonds. The number of allylic oxidation sites excluding steroid dienone is 1. The summed E-state index contributed by atoms with van der Waals surface area (Å²) in [4.78, 5) is 15.3. The van der Waals surface area contributed by atoms with Crippen molar-refractivity contribution in [2.45, 2.75) is 43.0 Å². The highest BCUT2D eigenvalue weighted by Crippen LogP contribution is 2.33. The van der Waals surface area contributed by atoms with E-state index in [1.807, 2.05) is 30.3 Å². The molecule has 1 aliphatic carbocycles. The minimum atomic E-state index is -4.07. The van der Waals surface area contributed by atoms with Crippen LogP contribution < -0.4 is 10.5 Å². The van der Waals surface area contributed by atoms with E-state index in [0.717, 1.165) is 24.8 Å². The van der Waals surface area contributed by atoms with Crippen molar-refractivity contribution in [3.05, 3.63) is 70.2 Å². The molecule has 1 aliphatic heterocycles. The summed E-state index contributed by atoms with van der Waals surface area (Å²) in [6, 6.07) is 11.3. The highest BCUT2D eigenvalue weighted by atomic mass is 35.5. The zero-order chi connectivity index (χ0) is 24.3. The Kier molecular flexibility index (Phi) is 7.87. The number of hydrogen-bond acceptors (Lipinski definition) is 4. The number of nitrogen functional groups attached to an aromatic ring is 1. The Labute approximate surface area is 211 Å². The SMILES string of the molecule is Nc1c(Cl)cc(S(=O)(=O)N[C@@H](CCc2ccccc2)C(=O)N2CCC3CCC=CC3C2)cc1Cl. The first-order chi connectivity index (χ1) is 16.2. The summed E-state index contributed by atoms with van der Waals surface area (Å²) < 4.78 is 29.1. The van der Waals surface area contributed by atoms with Crippen LogP contribution in [0.15, 0.2) is 59.5 Å². The fourth-order valence-electron chi connectivity index (χ4n) is 4.77. The van der Waals surface area contributed by atoms with Gasteiger partial charge in [0.1, 0.15) is 6.04 Å². The van der Waals surface area contributed by atoms with Gasteiger partial charge in [-0.05, 0) is 61.6 Å². The Bertz CT molecular complexity index is 1150. The van der Waals surface area contributed by atoms with Crippen LogP contribution in [0.2, 0.25) is 10.0 Å². The number of carbonyl (C=O) groups excluding carboxylic acids is 1. The molecule has 182 valence electrons. The van der Waals surface area contributed by atoms with Gasteiger partial charge in [-0.3, -0.25) is 4.79 Å². The molecule has 2 aliphatic rings. The lowest BCUT2D eigenvalue weighted by atomic mass is 9.79. The van der Waals surface area contributed by atoms with Crippen LogP contribution in [0.1, 0.15) is 31.2 Å². The number of carbonyl (C=O) groups is 1. The Morgan fingerprint density at radius 2 is 1.85 bits per heavy atom. The van der Waals surface area contributed by atoms with Gasteiger partial charge in [0.25, 0.3) is 0 Å². The quantitative estimate of drug-likeness (QED) is 0.408. The van der Waals surface area contributed by atoms with Crippen LogP contribution in [-0.2, 0) is 21.2 Å². The smallest absolute Gasteiger partial charge is 0.241 e. The lowest BCUT2D eigenvalue weighted by Gasteiger charge is -2.40. The molecule has 9 heteroatoms. The standard InChI is InChI=1S/C25H29Cl2N3O3S/c26-21-14-20(15-22(27)24(21)28)34(32,33)29-23(11-10-17-6-2-1-3-7-17)25(31)30-13-12-18-8-4-5-9-19(18)16-30/h1-3,5-7,9,14-15,18-19,23,29H,4,8,10-13,16,28H2/t18?,19?,23-/m0/s1. The van der Waals surface area contributed by atoms with Gasteiger partial charge in [0, 0.05) is 13.1 Å². The molecule has 2 aromatic carbocycles. The van der Waals surface area contributed by atoms with E-state index in [9.17, 15) is 13.2 Å². The van der Waals surface area contributed by atoms with E-state index in [4.69, 9.17) is 28.9 Å². The first-order valence-electron chi connectivity index (χ1n) is 11.5. The summed E-state index contributed by atoms with van der Waals surface area (Å²) in [7, 11) is -4.07. The van der Waals surface area contributed by atoms with Crippen molar-refractivity contribution in [3.8, 4) is 0 Å². The van der Waals surface area contributed by atoms with E-state index in [-0.39, 0.29) is 26.5 Å². The van der Waals surface area contributed by atoms with Crippen LogP contribution in [0.4, 0.5) is 5.69 Å². The number of nitrogens with one attached hydrogen (secondary N) is 1. The number of anilines is 1. The van der Waals surface area contributed by atoms with Crippen LogP contribution in [0, 0.1) is 11.8 Å². The molecule has 4 rings (SSSR count). The first kappa shape index (κ1) is 25.0. The number of nitrogens with zero attached hydrogens (tertiary/aromatic N) is 1. The monoisotopic (exact) mass is 521 g/mol. The number of fused-ring (bicyclic) bond motifs is 1. The molecule has 0 aromatic heterocycles. The second-order valence-electron chi connectivity index (χ2n) is 9.00. The summed E-state index contributed by atoms with van der Waals surface area (Å²) in [6.45, 7) is 1.25. The summed E-state index contributed by atoms with van der Waals surface area (Å²) in [5.74, 6) is 0.713. The zero-order valence-corrected chi connectivity index (χ0v) is 21.1. The molecule has 34 heavy (non-hydrogen) atoms. The van der Waals surface area contributed by atoms with Gasteiger partial charge in [-0.15, -0.1) is 0 Å². The van der Waals surface area contributed by atoms with Gasteiger partial charge in [0.15, 0.2) is 0 Å². The van der Waals surface area contributed by atoms with E-state index >= 15 is 0 Å². The van der Waals surface area contributed by atoms with Gasteiger partial charge in [-0.1, -0.05) is 65.7 Å². The number of rotatable bonds is 7. The molecule has 0 spiro atoms. The number of halogens is 2. The maximum atomic E-state index is 13.6. The molecule has 3 N–H and O–H groups in total. The summed E-state index contributed by atoms with van der Waals surface area (Å²) >= 11 is 12.1. The maximum absolute atomic E-state index is 13.6. The van der Waals surface area contributed by atoms with E-state index in [1.54, 1.807) is 4.90 Å². The van der Waals surface area contributed by atoms with Gasteiger partial charge in [-0.2, -0.15) is 4.72 Å². The number of nitrogens with two attached hydrogens (primary N) is 1. The van der Waals surface area contributed by atoms with E-state index in [0.29, 0.717) is 37.8 Å². The van der Waals surface area contributed by atoms with Gasteiger partial charge < -0.3 is 10.6 Å². The molecule has 3 atom stereocenters. The molecule has 0 bridgehead atoms. The highest BCUT2D eigenvalue weighted by molar-refractivity contribution is 7.89. The van der Waals surface area contributed by atoms with Crippen LogP contribution >= 0.6 is 23.2 Å². The predicted octanol–water partition coefficient (Wildman–Crippen LogP) is 4.67. The van der Waals surface area contributed by atoms with Crippen molar-refractivity contribution in [2.24, 2.45) is 11.8 Å². The molecular weight excluding hydrogens is 493 g/mol. The number of sulfonamides is 1. The van der Waals surface area contributed by atoms with Gasteiger partial charge in [0.05, 0.1) is 20.6 Å². The van der Waals surface area contributed by atoms with Crippen LogP contribution in [0.3, 0.4) is 0 Å². The second kappa shape index (κ2) is 10.7. The molecule has 0 saturated carbocycles. The number of likely N-dealkylation sites (tertiary alicyclic amines) is 1. The molecule has 1 heterocycles. The Morgan fingerprint density at radius 3 is 2.56 bits per heavy atom. The Hall–Kier alpha value is -2.06. The number of hydrogen-bond donors (Lipinski definition) is 2. The number of aryl methyl sites for hydroxylation is 1. The normalized spacial score (nSPS) is 21.2. The summed E-state index contributed by atoms with van der Waals surface area (Å²) in [6.07, 6.45) is 8.44. The second-order valence-corrected chi connectivity index (χ2v) is 11.5. The summed E-state index contributed by atoms with van der Waals surface area (Å²) in [5, 5.41) is 0.0948. The van der Waals surface area contributed by atoms with Crippen molar-refractivity contribution in [3.63, 3.8) is 0 Å². The lowest BCUT2D eigenvalue weighted by Crippen LogP contribution is -2.52. The molecule has 1 saturated heterocycles. The third-order valence-corrected chi connectivity index (χ3v) is 8.81. The minimum absolute atomic E-state index is 0.0474. The predicted molar refractivity (Wildman–Crippen MR) is 136 cm³/mol. The average molecular weight is 522 g/mol. The maximum Gasteiger partial charge on any atom is 0.241 e. The van der Waals surface area contributed by atoms with Crippen LogP contribution in [0.5, 0.6) is 0 Å². The van der Waals surface area contributed by atoms with Crippen molar-refractivity contribution in [2.75, 3.05) is 18.8 Å². The first-order valence-corrected chi connectivity index (χ1v) is 13.7. The number of benzene rings is 2. The Balaban J connectivity index is 1.56. The van der Waals surface area contributed by atoms with Crippen molar-refractivity contribution in [1.82, 2.24) is 9.62 Å². The number of amides is 1. The number of piperidine rings is 1. The molecule has 2 unspecified atom stereocenters. The molecule has 6 nitrogen and oxygen atoms in total. The molecular formula is C25H29Cl2N3O3S. The van der Waals surface area contributed by atoms with E-state index < -0.39 is 16.1 Å². The third-order valence-electron chi connectivity index (χ3n) is 6.73. The van der Waals surface area contributed by atoms with Crippen molar-refractivity contribution in [1.29, 1.82) is 0 Å². The largest absolute Gasteiger partial charge is 0.396 e. The van der Waals surface area contributed by atoms with E-state index in [2.05, 4.69) is 16.9 Å². The Morgan fingerprint density at radius 1 is 1.15 bits per heavy atom. The van der Waals surface area contributed by atoms with Crippen LogP contribution in [-0.4, -0.2) is 38.4 Å². The zero-order valence-electron chi connectivity index (χ0n) is 18.8. The minimum Gasteiger partial charge on any atom is -0.396 e. The van der Waals surface area contributed by atoms with E-state index in [1.165, 1.54) is 12.1 Å². The summed E-state index contributed by atoms with van der Waals surface area (Å²) in [5.41, 5.74) is 6.91. The molecule has 1 fully saturated rings. The topological polar surface area (TPSA) is 92.5 Å². The van der Waals surface area contributed by atoms with Gasteiger partial charge in [0.2, 0.25) is 15.9 Å². The van der Waals surface area contributed by atoms with Crippen LogP contribution in [0.25, 0.3) is 0 Å². The molecule has 2 aromatic rings. The lowest BCUT2D eigenvalue weighted by molar-refractivity contribution is -0.135. The van der Waals surface area contributed by atoms with Gasteiger partial charge in [-0.25, -0.2) is 8.42 Å².